The number of hydrogen-bond donors (Lipinski definition) is 1. The standard InChI is InChI=1S/C13H18FNO3S/c1-9(15)6-10-2-3-13(12(14)7-10)18-11-4-5-19(16,17)8-11/h2-3,7,9,11H,4-6,8,15H2,1H3. The fourth-order valence-electron chi connectivity index (χ4n) is 2.17. The van der Waals surface area contributed by atoms with Crippen molar-refractivity contribution in [1.82, 2.24) is 0 Å². The van der Waals surface area contributed by atoms with Gasteiger partial charge in [0.2, 0.25) is 0 Å². The van der Waals surface area contributed by atoms with Crippen LogP contribution in [0.4, 0.5) is 4.39 Å². The van der Waals surface area contributed by atoms with Crippen LogP contribution in [0.25, 0.3) is 0 Å². The second kappa shape index (κ2) is 5.46. The van der Waals surface area contributed by atoms with E-state index in [1.807, 2.05) is 6.92 Å². The fraction of sp³-hybridized carbons (Fsp3) is 0.538. The maximum atomic E-state index is 13.8. The van der Waals surface area contributed by atoms with Gasteiger partial charge in [-0.2, -0.15) is 0 Å². The Bertz CT molecular complexity index is 557. The largest absolute Gasteiger partial charge is 0.486 e. The molecule has 0 aromatic heterocycles. The molecule has 0 amide bonds. The summed E-state index contributed by atoms with van der Waals surface area (Å²) in [4.78, 5) is 0. The molecule has 1 saturated heterocycles. The molecule has 0 saturated carbocycles. The highest BCUT2D eigenvalue weighted by Gasteiger charge is 2.29. The SMILES string of the molecule is CC(N)Cc1ccc(OC2CCS(=O)(=O)C2)c(F)c1. The summed E-state index contributed by atoms with van der Waals surface area (Å²) in [5.74, 6) is -0.284. The van der Waals surface area contributed by atoms with Gasteiger partial charge in [-0.15, -0.1) is 0 Å². The molecule has 19 heavy (non-hydrogen) atoms. The van der Waals surface area contributed by atoms with Gasteiger partial charge in [0.25, 0.3) is 0 Å². The molecule has 1 aromatic carbocycles. The Morgan fingerprint density at radius 3 is 2.79 bits per heavy atom. The van der Waals surface area contributed by atoms with E-state index in [0.29, 0.717) is 12.8 Å². The molecule has 4 nitrogen and oxygen atoms in total. The summed E-state index contributed by atoms with van der Waals surface area (Å²) in [7, 11) is -3.02. The van der Waals surface area contributed by atoms with Crippen molar-refractivity contribution >= 4 is 9.84 Å². The summed E-state index contributed by atoms with van der Waals surface area (Å²) in [6, 6.07) is 4.65. The molecule has 1 aromatic rings. The first-order valence-corrected chi connectivity index (χ1v) is 8.09. The molecule has 2 rings (SSSR count). The van der Waals surface area contributed by atoms with Gasteiger partial charge in [-0.1, -0.05) is 6.07 Å². The summed E-state index contributed by atoms with van der Waals surface area (Å²) < 4.78 is 41.9. The maximum absolute atomic E-state index is 13.8. The number of nitrogens with two attached hydrogens (primary N) is 1. The lowest BCUT2D eigenvalue weighted by molar-refractivity contribution is 0.218. The van der Waals surface area contributed by atoms with Crippen LogP contribution in [0.2, 0.25) is 0 Å². The van der Waals surface area contributed by atoms with Crippen LogP contribution in [-0.4, -0.2) is 32.1 Å². The predicted molar refractivity (Wildman–Crippen MR) is 71.4 cm³/mol. The average Bonchev–Trinajstić information content (AvgIpc) is 2.61. The van der Waals surface area contributed by atoms with Crippen LogP contribution in [0.1, 0.15) is 18.9 Å². The zero-order valence-electron chi connectivity index (χ0n) is 10.8. The second-order valence-corrected chi connectivity index (χ2v) is 7.32. The second-order valence-electron chi connectivity index (χ2n) is 5.09. The monoisotopic (exact) mass is 287 g/mol. The Balaban J connectivity index is 2.05. The molecule has 6 heteroatoms. The normalized spacial score (nSPS) is 23.2. The van der Waals surface area contributed by atoms with Crippen molar-refractivity contribution in [2.75, 3.05) is 11.5 Å². The van der Waals surface area contributed by atoms with Crippen molar-refractivity contribution in [1.29, 1.82) is 0 Å². The van der Waals surface area contributed by atoms with Gasteiger partial charge in [-0.3, -0.25) is 0 Å². The summed E-state index contributed by atoms with van der Waals surface area (Å²) >= 11 is 0. The van der Waals surface area contributed by atoms with E-state index in [1.165, 1.54) is 12.1 Å². The molecular weight excluding hydrogens is 269 g/mol. The lowest BCUT2D eigenvalue weighted by Crippen LogP contribution is -2.19. The first-order valence-electron chi connectivity index (χ1n) is 6.27. The molecule has 0 bridgehead atoms. The Labute approximate surface area is 112 Å². The third kappa shape index (κ3) is 3.91. The van der Waals surface area contributed by atoms with Gasteiger partial charge in [0.15, 0.2) is 21.4 Å². The summed E-state index contributed by atoms with van der Waals surface area (Å²) in [6.45, 7) is 1.85. The van der Waals surface area contributed by atoms with E-state index in [0.717, 1.165) is 5.56 Å². The van der Waals surface area contributed by atoms with Crippen LogP contribution < -0.4 is 10.5 Å². The van der Waals surface area contributed by atoms with Crippen molar-refractivity contribution in [3.63, 3.8) is 0 Å². The number of ether oxygens (including phenoxy) is 1. The number of sulfone groups is 1. The van der Waals surface area contributed by atoms with Gasteiger partial charge in [0.05, 0.1) is 11.5 Å². The van der Waals surface area contributed by atoms with Gasteiger partial charge < -0.3 is 10.5 Å². The van der Waals surface area contributed by atoms with Crippen LogP contribution in [0.5, 0.6) is 5.75 Å². The summed E-state index contributed by atoms with van der Waals surface area (Å²) in [5.41, 5.74) is 6.46. The van der Waals surface area contributed by atoms with Crippen molar-refractivity contribution in [2.45, 2.75) is 31.9 Å². The van der Waals surface area contributed by atoms with Gasteiger partial charge in [0.1, 0.15) is 6.10 Å². The van der Waals surface area contributed by atoms with E-state index in [9.17, 15) is 12.8 Å². The number of rotatable bonds is 4. The lowest BCUT2D eigenvalue weighted by atomic mass is 10.1. The molecule has 106 valence electrons. The number of halogens is 1. The van der Waals surface area contributed by atoms with Crippen molar-refractivity contribution < 1.29 is 17.5 Å². The Morgan fingerprint density at radius 2 is 2.26 bits per heavy atom. The number of benzene rings is 1. The first-order chi connectivity index (χ1) is 8.85. The molecule has 0 radical (unpaired) electrons. The summed E-state index contributed by atoms with van der Waals surface area (Å²) in [6.07, 6.45) is 0.567. The Hall–Kier alpha value is -1.14. The molecule has 1 aliphatic rings. The van der Waals surface area contributed by atoms with Gasteiger partial charge in [0, 0.05) is 6.04 Å². The molecule has 1 fully saturated rings. The molecule has 1 heterocycles. The molecule has 2 atom stereocenters. The Kier molecular flexibility index (Phi) is 4.10. The Morgan fingerprint density at radius 1 is 1.53 bits per heavy atom. The zero-order valence-corrected chi connectivity index (χ0v) is 11.6. The molecule has 0 aliphatic carbocycles. The number of hydrogen-bond acceptors (Lipinski definition) is 4. The lowest BCUT2D eigenvalue weighted by Gasteiger charge is -2.14. The molecule has 2 N–H and O–H groups in total. The van der Waals surface area contributed by atoms with Crippen LogP contribution in [0, 0.1) is 5.82 Å². The third-order valence-corrected chi connectivity index (χ3v) is 4.78. The molecule has 0 spiro atoms. The fourth-order valence-corrected chi connectivity index (χ4v) is 3.76. The van der Waals surface area contributed by atoms with Crippen LogP contribution >= 0.6 is 0 Å². The van der Waals surface area contributed by atoms with E-state index in [1.54, 1.807) is 6.07 Å². The zero-order chi connectivity index (χ0) is 14.0. The third-order valence-electron chi connectivity index (χ3n) is 3.04. The van der Waals surface area contributed by atoms with Crippen LogP contribution in [-0.2, 0) is 16.3 Å². The van der Waals surface area contributed by atoms with E-state index in [-0.39, 0.29) is 23.3 Å². The maximum Gasteiger partial charge on any atom is 0.165 e. The smallest absolute Gasteiger partial charge is 0.165 e. The minimum absolute atomic E-state index is 0.0337. The van der Waals surface area contributed by atoms with Gasteiger partial charge in [-0.05, 0) is 37.5 Å². The van der Waals surface area contributed by atoms with E-state index >= 15 is 0 Å². The van der Waals surface area contributed by atoms with E-state index in [4.69, 9.17) is 10.5 Å². The first kappa shape index (κ1) is 14.3. The van der Waals surface area contributed by atoms with Crippen molar-refractivity contribution in [3.05, 3.63) is 29.6 Å². The van der Waals surface area contributed by atoms with E-state index in [2.05, 4.69) is 0 Å². The predicted octanol–water partition coefficient (Wildman–Crippen LogP) is 1.28. The molecule has 1 aliphatic heterocycles. The van der Waals surface area contributed by atoms with Crippen LogP contribution in [0.3, 0.4) is 0 Å². The minimum atomic E-state index is -3.02. The highest BCUT2D eigenvalue weighted by molar-refractivity contribution is 7.91. The summed E-state index contributed by atoms with van der Waals surface area (Å²) in [5, 5.41) is 0. The minimum Gasteiger partial charge on any atom is -0.486 e. The highest BCUT2D eigenvalue weighted by atomic mass is 32.2. The van der Waals surface area contributed by atoms with Gasteiger partial charge >= 0.3 is 0 Å². The van der Waals surface area contributed by atoms with Crippen LogP contribution in [0.15, 0.2) is 18.2 Å². The van der Waals surface area contributed by atoms with Gasteiger partial charge in [-0.25, -0.2) is 12.8 Å². The van der Waals surface area contributed by atoms with E-state index < -0.39 is 21.8 Å². The van der Waals surface area contributed by atoms with Crippen molar-refractivity contribution in [2.24, 2.45) is 5.73 Å². The quantitative estimate of drug-likeness (QED) is 0.905. The molecular formula is C13H18FNO3S. The highest BCUT2D eigenvalue weighted by Crippen LogP contribution is 2.24. The van der Waals surface area contributed by atoms with Crippen molar-refractivity contribution in [3.8, 4) is 5.75 Å². The topological polar surface area (TPSA) is 69.4 Å². The molecule has 2 unspecified atom stereocenters. The average molecular weight is 287 g/mol.